The zero-order chi connectivity index (χ0) is 13.0. The lowest BCUT2D eigenvalue weighted by Gasteiger charge is -2.13. The van der Waals surface area contributed by atoms with Gasteiger partial charge in [0.25, 0.3) is 5.91 Å². The van der Waals surface area contributed by atoms with Gasteiger partial charge in [-0.15, -0.1) is 11.3 Å². The van der Waals surface area contributed by atoms with Crippen LogP contribution in [0.1, 0.15) is 33.7 Å². The van der Waals surface area contributed by atoms with Gasteiger partial charge in [-0.3, -0.25) is 9.59 Å². The Morgan fingerprint density at radius 1 is 1.47 bits per heavy atom. The first kappa shape index (κ1) is 13.6. The molecular weight excluding hydrogens is 238 g/mol. The first-order chi connectivity index (χ1) is 7.95. The number of carbonyl (C=O) groups is 2. The van der Waals surface area contributed by atoms with E-state index in [1.807, 2.05) is 0 Å². The Hall–Kier alpha value is -1.43. The van der Waals surface area contributed by atoms with E-state index in [4.69, 9.17) is 5.73 Å². The van der Waals surface area contributed by atoms with Gasteiger partial charge in [0.1, 0.15) is 4.88 Å². The Morgan fingerprint density at radius 3 is 2.65 bits per heavy atom. The second kappa shape index (κ2) is 5.77. The Morgan fingerprint density at radius 2 is 2.12 bits per heavy atom. The molecule has 5 nitrogen and oxygen atoms in total. The second-order valence-corrected chi connectivity index (χ2v) is 4.98. The number of rotatable bonds is 5. The summed E-state index contributed by atoms with van der Waals surface area (Å²) < 4.78 is 0. The van der Waals surface area contributed by atoms with Gasteiger partial charge in [-0.25, -0.2) is 4.98 Å². The van der Waals surface area contributed by atoms with Crippen molar-refractivity contribution in [2.24, 2.45) is 5.73 Å². The molecule has 1 rings (SSSR count). The minimum absolute atomic E-state index is 0.0702. The third kappa shape index (κ3) is 3.52. The molecule has 0 fully saturated rings. The molecule has 0 aliphatic carbocycles. The summed E-state index contributed by atoms with van der Waals surface area (Å²) >= 11 is 1.39. The third-order valence-corrected chi connectivity index (χ3v) is 3.44. The molecule has 0 atom stereocenters. The monoisotopic (exact) mass is 255 g/mol. The number of hydrogen-bond donors (Lipinski definition) is 1. The summed E-state index contributed by atoms with van der Waals surface area (Å²) in [4.78, 5) is 29.0. The number of aromatic nitrogens is 1. The van der Waals surface area contributed by atoms with Crippen LogP contribution in [0.25, 0.3) is 0 Å². The lowest BCUT2D eigenvalue weighted by molar-refractivity contribution is -0.118. The largest absolute Gasteiger partial charge is 0.368 e. The van der Waals surface area contributed by atoms with Crippen molar-refractivity contribution in [1.29, 1.82) is 0 Å². The second-order valence-electron chi connectivity index (χ2n) is 3.90. The number of primary amides is 1. The number of thiazole rings is 1. The van der Waals surface area contributed by atoms with Crippen LogP contribution in [0.4, 0.5) is 0 Å². The van der Waals surface area contributed by atoms with Crippen LogP contribution in [0.15, 0.2) is 0 Å². The highest BCUT2D eigenvalue weighted by Crippen LogP contribution is 2.20. The Labute approximate surface area is 105 Å². The first-order valence-corrected chi connectivity index (χ1v) is 6.27. The molecule has 0 saturated heterocycles. The number of hydrogen-bond acceptors (Lipinski definition) is 4. The van der Waals surface area contributed by atoms with Crippen LogP contribution in [-0.2, 0) is 11.2 Å². The summed E-state index contributed by atoms with van der Waals surface area (Å²) in [6, 6.07) is 0. The van der Waals surface area contributed by atoms with Crippen molar-refractivity contribution in [3.8, 4) is 0 Å². The molecule has 0 aliphatic rings. The zero-order valence-electron chi connectivity index (χ0n) is 10.3. The number of amides is 2. The number of carbonyl (C=O) groups excluding carboxylic acids is 2. The number of aryl methyl sites for hydroxylation is 2. The molecule has 6 heteroatoms. The van der Waals surface area contributed by atoms with E-state index in [9.17, 15) is 9.59 Å². The van der Waals surface area contributed by atoms with Gasteiger partial charge in [-0.05, 0) is 19.8 Å². The highest BCUT2D eigenvalue weighted by Gasteiger charge is 2.19. The van der Waals surface area contributed by atoms with Gasteiger partial charge in [0.2, 0.25) is 5.91 Å². The van der Waals surface area contributed by atoms with Gasteiger partial charge < -0.3 is 10.6 Å². The average Bonchev–Trinajstić information content (AvgIpc) is 2.58. The zero-order valence-corrected chi connectivity index (χ0v) is 11.1. The predicted octanol–water partition coefficient (Wildman–Crippen LogP) is 0.961. The molecule has 17 heavy (non-hydrogen) atoms. The van der Waals surface area contributed by atoms with Crippen LogP contribution < -0.4 is 5.73 Å². The van der Waals surface area contributed by atoms with Gasteiger partial charge in [0.05, 0.1) is 17.2 Å². The molecule has 1 heterocycles. The fourth-order valence-corrected chi connectivity index (χ4v) is 2.61. The highest BCUT2D eigenvalue weighted by molar-refractivity contribution is 7.13. The summed E-state index contributed by atoms with van der Waals surface area (Å²) in [5.41, 5.74) is 5.78. The van der Waals surface area contributed by atoms with Crippen LogP contribution in [0.2, 0.25) is 0 Å². The SMILES string of the molecule is CCCc1nc(C)c(C(=O)N(C)CC(N)=O)s1. The van der Waals surface area contributed by atoms with Crippen molar-refractivity contribution in [3.63, 3.8) is 0 Å². The molecule has 0 spiro atoms. The molecule has 0 aliphatic heterocycles. The molecule has 1 aromatic heterocycles. The predicted molar refractivity (Wildman–Crippen MR) is 67.0 cm³/mol. The minimum atomic E-state index is -0.517. The summed E-state index contributed by atoms with van der Waals surface area (Å²) in [6.07, 6.45) is 1.87. The number of nitrogens with two attached hydrogens (primary N) is 1. The Kier molecular flexibility index (Phi) is 4.62. The summed E-state index contributed by atoms with van der Waals surface area (Å²) in [5.74, 6) is -0.710. The van der Waals surface area contributed by atoms with E-state index in [-0.39, 0.29) is 12.5 Å². The fourth-order valence-electron chi connectivity index (χ4n) is 1.45. The molecule has 0 radical (unpaired) electrons. The van der Waals surface area contributed by atoms with Crippen molar-refractivity contribution in [2.45, 2.75) is 26.7 Å². The Bertz CT molecular complexity index is 428. The normalized spacial score (nSPS) is 10.3. The first-order valence-electron chi connectivity index (χ1n) is 5.45. The van der Waals surface area contributed by atoms with E-state index in [2.05, 4.69) is 11.9 Å². The average molecular weight is 255 g/mol. The molecule has 94 valence electrons. The smallest absolute Gasteiger partial charge is 0.266 e. The number of nitrogens with zero attached hydrogens (tertiary/aromatic N) is 2. The molecule has 0 saturated carbocycles. The number of likely N-dealkylation sites (N-methyl/N-ethyl adjacent to an activating group) is 1. The third-order valence-electron chi connectivity index (χ3n) is 2.24. The molecule has 1 aromatic rings. The van der Waals surface area contributed by atoms with E-state index < -0.39 is 5.91 Å². The molecular formula is C11H17N3O2S. The van der Waals surface area contributed by atoms with Gasteiger partial charge >= 0.3 is 0 Å². The van der Waals surface area contributed by atoms with Gasteiger partial charge in [0, 0.05) is 7.05 Å². The molecule has 0 bridgehead atoms. The van der Waals surface area contributed by atoms with E-state index in [1.165, 1.54) is 16.2 Å². The van der Waals surface area contributed by atoms with Crippen molar-refractivity contribution in [2.75, 3.05) is 13.6 Å². The van der Waals surface area contributed by atoms with Gasteiger partial charge in [0.15, 0.2) is 0 Å². The van der Waals surface area contributed by atoms with Crippen molar-refractivity contribution in [1.82, 2.24) is 9.88 Å². The van der Waals surface area contributed by atoms with Crippen LogP contribution in [0.5, 0.6) is 0 Å². The highest BCUT2D eigenvalue weighted by atomic mass is 32.1. The van der Waals surface area contributed by atoms with Crippen molar-refractivity contribution in [3.05, 3.63) is 15.6 Å². The van der Waals surface area contributed by atoms with Crippen LogP contribution >= 0.6 is 11.3 Å². The molecule has 0 aromatic carbocycles. The maximum Gasteiger partial charge on any atom is 0.266 e. The Balaban J connectivity index is 2.84. The lowest BCUT2D eigenvalue weighted by atomic mass is 10.3. The van der Waals surface area contributed by atoms with Crippen LogP contribution in [0.3, 0.4) is 0 Å². The summed E-state index contributed by atoms with van der Waals surface area (Å²) in [5, 5.41) is 0.959. The fraction of sp³-hybridized carbons (Fsp3) is 0.545. The van der Waals surface area contributed by atoms with Crippen LogP contribution in [0, 0.1) is 6.92 Å². The van der Waals surface area contributed by atoms with Gasteiger partial charge in [-0.2, -0.15) is 0 Å². The van der Waals surface area contributed by atoms with Gasteiger partial charge in [-0.1, -0.05) is 6.92 Å². The van der Waals surface area contributed by atoms with E-state index in [1.54, 1.807) is 14.0 Å². The summed E-state index contributed by atoms with van der Waals surface area (Å²) in [7, 11) is 1.56. The minimum Gasteiger partial charge on any atom is -0.368 e. The van der Waals surface area contributed by atoms with E-state index >= 15 is 0 Å². The standard InChI is InChI=1S/C11H17N3O2S/c1-4-5-9-13-7(2)10(17-9)11(16)14(3)6-8(12)15/h4-6H2,1-3H3,(H2,12,15). The maximum atomic E-state index is 12.0. The quantitative estimate of drug-likeness (QED) is 0.851. The molecule has 2 amide bonds. The summed E-state index contributed by atoms with van der Waals surface area (Å²) in [6.45, 7) is 3.80. The van der Waals surface area contributed by atoms with E-state index in [0.29, 0.717) is 4.88 Å². The van der Waals surface area contributed by atoms with Crippen LogP contribution in [-0.4, -0.2) is 35.3 Å². The van der Waals surface area contributed by atoms with Crippen molar-refractivity contribution >= 4 is 23.2 Å². The molecule has 0 unspecified atom stereocenters. The van der Waals surface area contributed by atoms with Crippen molar-refractivity contribution < 1.29 is 9.59 Å². The topological polar surface area (TPSA) is 76.3 Å². The lowest BCUT2D eigenvalue weighted by Crippen LogP contribution is -2.35. The van der Waals surface area contributed by atoms with E-state index in [0.717, 1.165) is 23.5 Å². The molecule has 2 N–H and O–H groups in total. The maximum absolute atomic E-state index is 12.0.